The predicted molar refractivity (Wildman–Crippen MR) is 56.1 cm³/mol. The fourth-order valence-corrected chi connectivity index (χ4v) is 2.46. The minimum absolute atomic E-state index is 0.168. The Morgan fingerprint density at radius 1 is 1.43 bits per heavy atom. The number of rotatable bonds is 1. The second-order valence-electron chi connectivity index (χ2n) is 3.73. The van der Waals surface area contributed by atoms with Gasteiger partial charge in [-0.2, -0.15) is 5.26 Å². The zero-order chi connectivity index (χ0) is 9.60. The van der Waals surface area contributed by atoms with Crippen molar-refractivity contribution in [1.29, 1.82) is 5.26 Å². The predicted octanol–water partition coefficient (Wildman–Crippen LogP) is 2.85. The normalized spacial score (nSPS) is 17.9. The topological polar surface area (TPSA) is 36.7 Å². The number of benzene rings is 1. The van der Waals surface area contributed by atoms with Gasteiger partial charge in [0.15, 0.2) is 0 Å². The van der Waals surface area contributed by atoms with Gasteiger partial charge < -0.3 is 0 Å². The summed E-state index contributed by atoms with van der Waals surface area (Å²) >= 11 is 1.64. The van der Waals surface area contributed by atoms with Crippen LogP contribution in [0.1, 0.15) is 18.4 Å². The molecule has 1 heterocycles. The van der Waals surface area contributed by atoms with Crippen LogP contribution in [0.2, 0.25) is 0 Å². The van der Waals surface area contributed by atoms with Gasteiger partial charge in [0.1, 0.15) is 0 Å². The first kappa shape index (κ1) is 7.95. The van der Waals surface area contributed by atoms with Gasteiger partial charge in [-0.1, -0.05) is 6.07 Å². The third-order valence-corrected chi connectivity index (χ3v) is 3.64. The van der Waals surface area contributed by atoms with E-state index < -0.39 is 0 Å². The summed E-state index contributed by atoms with van der Waals surface area (Å²) in [4.78, 5) is 4.22. The van der Waals surface area contributed by atoms with Crippen molar-refractivity contribution in [2.75, 3.05) is 0 Å². The van der Waals surface area contributed by atoms with Gasteiger partial charge >= 0.3 is 0 Å². The molecule has 0 amide bonds. The van der Waals surface area contributed by atoms with Crippen LogP contribution in [0.4, 0.5) is 0 Å². The Labute approximate surface area is 85.8 Å². The van der Waals surface area contributed by atoms with Crippen LogP contribution in [0.15, 0.2) is 23.7 Å². The van der Waals surface area contributed by atoms with Gasteiger partial charge in [0, 0.05) is 0 Å². The lowest BCUT2D eigenvalue weighted by Gasteiger charge is -2.04. The number of thiazole rings is 1. The molecule has 2 nitrogen and oxygen atoms in total. The van der Waals surface area contributed by atoms with E-state index in [4.69, 9.17) is 5.26 Å². The van der Waals surface area contributed by atoms with Crippen molar-refractivity contribution < 1.29 is 0 Å². The van der Waals surface area contributed by atoms with E-state index in [0.717, 1.165) is 23.9 Å². The zero-order valence-electron chi connectivity index (χ0n) is 7.53. The van der Waals surface area contributed by atoms with Crippen LogP contribution in [0.5, 0.6) is 0 Å². The Morgan fingerprint density at radius 3 is 3.00 bits per heavy atom. The Morgan fingerprint density at radius 2 is 2.29 bits per heavy atom. The van der Waals surface area contributed by atoms with E-state index in [2.05, 4.69) is 17.1 Å². The molecule has 3 rings (SSSR count). The SMILES string of the molecule is N#CC1(c2ccc3ncsc3c2)CC1. The molecule has 1 aromatic heterocycles. The van der Waals surface area contributed by atoms with Crippen molar-refractivity contribution in [3.63, 3.8) is 0 Å². The van der Waals surface area contributed by atoms with Gasteiger partial charge in [-0.15, -0.1) is 11.3 Å². The minimum atomic E-state index is -0.168. The highest BCUT2D eigenvalue weighted by Crippen LogP contribution is 2.48. The largest absolute Gasteiger partial charge is 0.245 e. The summed E-state index contributed by atoms with van der Waals surface area (Å²) in [7, 11) is 0. The highest BCUT2D eigenvalue weighted by Gasteiger charge is 2.44. The molecular formula is C11H8N2S. The average molecular weight is 200 g/mol. The van der Waals surface area contributed by atoms with Crippen LogP contribution < -0.4 is 0 Å². The molecule has 1 saturated carbocycles. The summed E-state index contributed by atoms with van der Waals surface area (Å²) in [5, 5.41) is 9.07. The van der Waals surface area contributed by atoms with Crippen molar-refractivity contribution in [1.82, 2.24) is 4.98 Å². The van der Waals surface area contributed by atoms with Crippen molar-refractivity contribution in [2.45, 2.75) is 18.3 Å². The second-order valence-corrected chi connectivity index (χ2v) is 4.62. The van der Waals surface area contributed by atoms with Crippen molar-refractivity contribution in [3.05, 3.63) is 29.3 Å². The maximum atomic E-state index is 9.07. The van der Waals surface area contributed by atoms with E-state index >= 15 is 0 Å². The van der Waals surface area contributed by atoms with E-state index in [0.29, 0.717) is 0 Å². The average Bonchev–Trinajstić information content (AvgIpc) is 2.89. The van der Waals surface area contributed by atoms with E-state index in [1.165, 1.54) is 4.70 Å². The van der Waals surface area contributed by atoms with Gasteiger partial charge in [-0.3, -0.25) is 0 Å². The Hall–Kier alpha value is -1.40. The van der Waals surface area contributed by atoms with Gasteiger partial charge in [0.05, 0.1) is 27.2 Å². The number of fused-ring (bicyclic) bond motifs is 1. The van der Waals surface area contributed by atoms with E-state index in [9.17, 15) is 0 Å². The molecule has 0 atom stereocenters. The lowest BCUT2D eigenvalue weighted by molar-refractivity contribution is 0.911. The monoisotopic (exact) mass is 200 g/mol. The van der Waals surface area contributed by atoms with Crippen LogP contribution >= 0.6 is 11.3 Å². The lowest BCUT2D eigenvalue weighted by Crippen LogP contribution is -2.01. The van der Waals surface area contributed by atoms with Crippen LogP contribution in [-0.4, -0.2) is 4.98 Å². The summed E-state index contributed by atoms with van der Waals surface area (Å²) in [6.45, 7) is 0. The number of aromatic nitrogens is 1. The van der Waals surface area contributed by atoms with E-state index in [1.807, 2.05) is 17.6 Å². The van der Waals surface area contributed by atoms with Gasteiger partial charge in [0.2, 0.25) is 0 Å². The number of hydrogen-bond donors (Lipinski definition) is 0. The Balaban J connectivity index is 2.19. The molecule has 0 spiro atoms. The van der Waals surface area contributed by atoms with Crippen LogP contribution in [0.3, 0.4) is 0 Å². The highest BCUT2D eigenvalue weighted by molar-refractivity contribution is 7.16. The fourth-order valence-electron chi connectivity index (χ4n) is 1.74. The number of nitriles is 1. The number of hydrogen-bond acceptors (Lipinski definition) is 3. The summed E-state index contributed by atoms with van der Waals surface area (Å²) in [5.41, 5.74) is 3.88. The maximum absolute atomic E-state index is 9.07. The Bertz CT molecular complexity index is 531. The molecule has 1 aliphatic rings. The molecule has 1 fully saturated rings. The molecule has 0 aliphatic heterocycles. The number of nitrogens with zero attached hydrogens (tertiary/aromatic N) is 2. The van der Waals surface area contributed by atoms with Gasteiger partial charge in [-0.05, 0) is 30.5 Å². The van der Waals surface area contributed by atoms with Crippen molar-refractivity contribution >= 4 is 21.6 Å². The van der Waals surface area contributed by atoms with Crippen LogP contribution in [0, 0.1) is 11.3 Å². The quantitative estimate of drug-likeness (QED) is 0.709. The molecule has 2 aromatic rings. The van der Waals surface area contributed by atoms with Crippen molar-refractivity contribution in [3.8, 4) is 6.07 Å². The smallest absolute Gasteiger partial charge is 0.0824 e. The van der Waals surface area contributed by atoms with Crippen molar-refractivity contribution in [2.24, 2.45) is 0 Å². The zero-order valence-corrected chi connectivity index (χ0v) is 8.34. The standard InChI is InChI=1S/C11H8N2S/c12-6-11(3-4-11)8-1-2-9-10(5-8)14-7-13-9/h1-2,5,7H,3-4H2. The third-order valence-electron chi connectivity index (χ3n) is 2.85. The summed E-state index contributed by atoms with van der Waals surface area (Å²) in [5.74, 6) is 0. The molecule has 68 valence electrons. The third kappa shape index (κ3) is 0.978. The minimum Gasteiger partial charge on any atom is -0.245 e. The molecule has 0 unspecified atom stereocenters. The first-order valence-corrected chi connectivity index (χ1v) is 5.47. The van der Waals surface area contributed by atoms with Gasteiger partial charge in [-0.25, -0.2) is 4.98 Å². The molecule has 0 radical (unpaired) electrons. The molecule has 14 heavy (non-hydrogen) atoms. The molecule has 3 heteroatoms. The molecule has 0 saturated heterocycles. The first-order valence-electron chi connectivity index (χ1n) is 4.59. The molecule has 1 aliphatic carbocycles. The van der Waals surface area contributed by atoms with E-state index in [-0.39, 0.29) is 5.41 Å². The summed E-state index contributed by atoms with van der Waals surface area (Å²) in [6.07, 6.45) is 2.02. The second kappa shape index (κ2) is 2.55. The van der Waals surface area contributed by atoms with Crippen LogP contribution in [0.25, 0.3) is 10.2 Å². The first-order chi connectivity index (χ1) is 6.84. The maximum Gasteiger partial charge on any atom is 0.0824 e. The molecule has 1 aromatic carbocycles. The molecular weight excluding hydrogens is 192 g/mol. The highest BCUT2D eigenvalue weighted by atomic mass is 32.1. The molecule has 0 N–H and O–H groups in total. The van der Waals surface area contributed by atoms with Gasteiger partial charge in [0.25, 0.3) is 0 Å². The summed E-state index contributed by atoms with van der Waals surface area (Å²) in [6, 6.07) is 8.58. The lowest BCUT2D eigenvalue weighted by atomic mass is 9.98. The summed E-state index contributed by atoms with van der Waals surface area (Å²) < 4.78 is 1.18. The van der Waals surface area contributed by atoms with E-state index in [1.54, 1.807) is 11.3 Å². The molecule has 0 bridgehead atoms. The fraction of sp³-hybridized carbons (Fsp3) is 0.273. The Kier molecular flexibility index (Phi) is 1.45. The van der Waals surface area contributed by atoms with Crippen LogP contribution in [-0.2, 0) is 5.41 Å².